The maximum Gasteiger partial charge on any atom is 0.321 e. The molecule has 0 radical (unpaired) electrons. The number of carbonyl (C=O) groups excluding carboxylic acids is 1. The molecular formula is C14H20N4OS. The van der Waals surface area contributed by atoms with E-state index in [4.69, 9.17) is 5.73 Å². The fourth-order valence-corrected chi connectivity index (χ4v) is 2.90. The summed E-state index contributed by atoms with van der Waals surface area (Å²) in [5, 5.41) is 0.676. The number of primary amides is 1. The minimum absolute atomic E-state index is 0.406. The fraction of sp³-hybridized carbons (Fsp3) is 0.429. The molecule has 2 rings (SSSR count). The van der Waals surface area contributed by atoms with Crippen LogP contribution in [0.5, 0.6) is 0 Å². The van der Waals surface area contributed by atoms with Crippen LogP contribution in [0.2, 0.25) is 0 Å². The number of nitrogens with zero attached hydrogens (tertiary/aromatic N) is 3. The number of urea groups is 1. The highest BCUT2D eigenvalue weighted by atomic mass is 32.1. The minimum atomic E-state index is -0.455. The number of hydrogen-bond acceptors (Lipinski definition) is 3. The highest BCUT2D eigenvalue weighted by Crippen LogP contribution is 2.28. The predicted molar refractivity (Wildman–Crippen MR) is 82.2 cm³/mol. The van der Waals surface area contributed by atoms with E-state index in [1.165, 1.54) is 11.3 Å². The Morgan fingerprint density at radius 3 is 2.80 bits per heavy atom. The average Bonchev–Trinajstić information content (AvgIpc) is 2.99. The van der Waals surface area contributed by atoms with Gasteiger partial charge < -0.3 is 10.3 Å². The van der Waals surface area contributed by atoms with E-state index in [2.05, 4.69) is 18.8 Å². The van der Waals surface area contributed by atoms with Crippen molar-refractivity contribution >= 4 is 22.5 Å². The molecule has 0 saturated heterocycles. The zero-order chi connectivity index (χ0) is 14.7. The van der Waals surface area contributed by atoms with E-state index in [0.29, 0.717) is 17.6 Å². The molecule has 0 atom stereocenters. The van der Waals surface area contributed by atoms with Crippen LogP contribution in [0.3, 0.4) is 0 Å². The molecule has 108 valence electrons. The standard InChI is InChI=1S/C14H20N4OS/c1-10(2)12-9-16-14(20-12)18(13(15)19)8-6-11-5-4-7-17(11)3/h4-5,7,9-10H,6,8H2,1-3H3,(H2,15,19). The van der Waals surface area contributed by atoms with Gasteiger partial charge in [0, 0.05) is 43.0 Å². The quantitative estimate of drug-likeness (QED) is 0.921. The summed E-state index contributed by atoms with van der Waals surface area (Å²) in [6.07, 6.45) is 4.57. The number of carbonyl (C=O) groups is 1. The maximum absolute atomic E-state index is 11.6. The summed E-state index contributed by atoms with van der Waals surface area (Å²) < 4.78 is 2.04. The summed E-state index contributed by atoms with van der Waals surface area (Å²) in [6, 6.07) is 3.58. The molecule has 2 amide bonds. The number of aryl methyl sites for hydroxylation is 1. The van der Waals surface area contributed by atoms with E-state index in [9.17, 15) is 4.79 Å². The maximum atomic E-state index is 11.6. The lowest BCUT2D eigenvalue weighted by molar-refractivity contribution is 0.254. The van der Waals surface area contributed by atoms with Gasteiger partial charge in [-0.3, -0.25) is 4.90 Å². The van der Waals surface area contributed by atoms with Gasteiger partial charge in [-0.05, 0) is 18.1 Å². The molecule has 0 spiro atoms. The molecule has 5 nitrogen and oxygen atoms in total. The van der Waals surface area contributed by atoms with Gasteiger partial charge >= 0.3 is 6.03 Å². The van der Waals surface area contributed by atoms with Gasteiger partial charge in [-0.2, -0.15) is 0 Å². The highest BCUT2D eigenvalue weighted by molar-refractivity contribution is 7.15. The van der Waals surface area contributed by atoms with Gasteiger partial charge in [-0.1, -0.05) is 13.8 Å². The Morgan fingerprint density at radius 2 is 2.30 bits per heavy atom. The average molecular weight is 292 g/mol. The molecule has 0 aliphatic rings. The zero-order valence-electron chi connectivity index (χ0n) is 12.0. The van der Waals surface area contributed by atoms with Gasteiger partial charge in [0.05, 0.1) is 0 Å². The van der Waals surface area contributed by atoms with Crippen LogP contribution in [0, 0.1) is 0 Å². The van der Waals surface area contributed by atoms with E-state index in [-0.39, 0.29) is 0 Å². The van der Waals surface area contributed by atoms with Crippen molar-refractivity contribution in [3.63, 3.8) is 0 Å². The van der Waals surface area contributed by atoms with Gasteiger partial charge in [0.25, 0.3) is 0 Å². The SMILES string of the molecule is CC(C)c1cnc(N(CCc2cccn2C)C(N)=O)s1. The second kappa shape index (κ2) is 6.09. The number of anilines is 1. The van der Waals surface area contributed by atoms with Crippen molar-refractivity contribution in [1.29, 1.82) is 0 Å². The number of thiazole rings is 1. The van der Waals surface area contributed by atoms with E-state index in [0.717, 1.165) is 17.0 Å². The van der Waals surface area contributed by atoms with Crippen LogP contribution in [0.1, 0.15) is 30.3 Å². The molecule has 0 bridgehead atoms. The molecular weight excluding hydrogens is 272 g/mol. The van der Waals surface area contributed by atoms with Gasteiger partial charge in [0.2, 0.25) is 0 Å². The predicted octanol–water partition coefficient (Wildman–Crippen LogP) is 2.73. The Kier molecular flexibility index (Phi) is 4.44. The molecule has 0 fully saturated rings. The summed E-state index contributed by atoms with van der Waals surface area (Å²) in [5.74, 6) is 0.406. The highest BCUT2D eigenvalue weighted by Gasteiger charge is 2.17. The Bertz CT molecular complexity index is 588. The second-order valence-corrected chi connectivity index (χ2v) is 6.09. The molecule has 0 aliphatic heterocycles. The molecule has 2 heterocycles. The van der Waals surface area contributed by atoms with Crippen molar-refractivity contribution < 1.29 is 4.79 Å². The first kappa shape index (κ1) is 14.6. The molecule has 2 N–H and O–H groups in total. The van der Waals surface area contributed by atoms with Crippen LogP contribution in [-0.4, -0.2) is 22.1 Å². The van der Waals surface area contributed by atoms with Crippen LogP contribution < -0.4 is 10.6 Å². The number of rotatable bonds is 5. The first-order chi connectivity index (χ1) is 9.49. The summed E-state index contributed by atoms with van der Waals surface area (Å²) in [6.45, 7) is 4.75. The second-order valence-electron chi connectivity index (χ2n) is 5.05. The normalized spacial score (nSPS) is 11.0. The molecule has 0 aromatic carbocycles. The van der Waals surface area contributed by atoms with Gasteiger partial charge in [-0.25, -0.2) is 9.78 Å². The van der Waals surface area contributed by atoms with Gasteiger partial charge in [0.15, 0.2) is 5.13 Å². The Hall–Kier alpha value is -1.82. The zero-order valence-corrected chi connectivity index (χ0v) is 12.9. The van der Waals surface area contributed by atoms with Crippen molar-refractivity contribution in [2.45, 2.75) is 26.2 Å². The summed E-state index contributed by atoms with van der Waals surface area (Å²) in [7, 11) is 1.99. The van der Waals surface area contributed by atoms with Gasteiger partial charge in [0.1, 0.15) is 0 Å². The Balaban J connectivity index is 2.10. The number of amides is 2. The molecule has 0 aliphatic carbocycles. The van der Waals surface area contributed by atoms with Crippen molar-refractivity contribution in [3.8, 4) is 0 Å². The first-order valence-corrected chi connectivity index (χ1v) is 7.43. The van der Waals surface area contributed by atoms with Crippen molar-refractivity contribution in [3.05, 3.63) is 35.1 Å². The van der Waals surface area contributed by atoms with Crippen LogP contribution >= 0.6 is 11.3 Å². The summed E-state index contributed by atoms with van der Waals surface area (Å²) in [5.41, 5.74) is 6.64. The van der Waals surface area contributed by atoms with Gasteiger partial charge in [-0.15, -0.1) is 11.3 Å². The first-order valence-electron chi connectivity index (χ1n) is 6.62. The number of aromatic nitrogens is 2. The Morgan fingerprint density at radius 1 is 1.55 bits per heavy atom. The summed E-state index contributed by atoms with van der Waals surface area (Å²) in [4.78, 5) is 18.7. The lowest BCUT2D eigenvalue weighted by atomic mass is 10.2. The monoisotopic (exact) mass is 292 g/mol. The molecule has 2 aromatic rings. The van der Waals surface area contributed by atoms with E-state index < -0.39 is 6.03 Å². The third-order valence-electron chi connectivity index (χ3n) is 3.22. The fourth-order valence-electron chi connectivity index (χ4n) is 1.95. The third-order valence-corrected chi connectivity index (χ3v) is 4.54. The molecule has 0 unspecified atom stereocenters. The van der Waals surface area contributed by atoms with Crippen molar-refractivity contribution in [2.75, 3.05) is 11.4 Å². The topological polar surface area (TPSA) is 64.2 Å². The van der Waals surface area contributed by atoms with E-state index in [1.807, 2.05) is 36.1 Å². The number of nitrogens with two attached hydrogens (primary N) is 1. The smallest absolute Gasteiger partial charge is 0.321 e. The van der Waals surface area contributed by atoms with E-state index >= 15 is 0 Å². The lowest BCUT2D eigenvalue weighted by Crippen LogP contribution is -2.37. The van der Waals surface area contributed by atoms with E-state index in [1.54, 1.807) is 4.90 Å². The number of hydrogen-bond donors (Lipinski definition) is 1. The van der Waals surface area contributed by atoms with Crippen LogP contribution in [-0.2, 0) is 13.5 Å². The molecule has 0 saturated carbocycles. The lowest BCUT2D eigenvalue weighted by Gasteiger charge is -2.17. The Labute approximate surface area is 123 Å². The molecule has 6 heteroatoms. The van der Waals surface area contributed by atoms with Crippen molar-refractivity contribution in [1.82, 2.24) is 9.55 Å². The third kappa shape index (κ3) is 3.19. The molecule has 20 heavy (non-hydrogen) atoms. The summed E-state index contributed by atoms with van der Waals surface area (Å²) >= 11 is 1.53. The van der Waals surface area contributed by atoms with Crippen molar-refractivity contribution in [2.24, 2.45) is 12.8 Å². The minimum Gasteiger partial charge on any atom is -0.354 e. The van der Waals surface area contributed by atoms with Crippen LogP contribution in [0.4, 0.5) is 9.93 Å². The van der Waals surface area contributed by atoms with Crippen LogP contribution in [0.25, 0.3) is 0 Å². The van der Waals surface area contributed by atoms with Crippen LogP contribution in [0.15, 0.2) is 24.5 Å². The largest absolute Gasteiger partial charge is 0.354 e. The molecule has 2 aromatic heterocycles.